The van der Waals surface area contributed by atoms with E-state index in [9.17, 15) is 9.90 Å². The van der Waals surface area contributed by atoms with Gasteiger partial charge in [-0.2, -0.15) is 0 Å². The van der Waals surface area contributed by atoms with Gasteiger partial charge in [-0.15, -0.1) is 0 Å². The number of rotatable bonds is 5. The maximum atomic E-state index is 10.8. The van der Waals surface area contributed by atoms with Gasteiger partial charge in [0.15, 0.2) is 0 Å². The van der Waals surface area contributed by atoms with Crippen LogP contribution in [0.3, 0.4) is 0 Å². The summed E-state index contributed by atoms with van der Waals surface area (Å²) in [4.78, 5) is 10.8. The molecule has 0 aromatic heterocycles. The Morgan fingerprint density at radius 1 is 1.50 bits per heavy atom. The third kappa shape index (κ3) is 4.63. The number of halogens is 1. The Labute approximate surface area is 103 Å². The summed E-state index contributed by atoms with van der Waals surface area (Å²) in [7, 11) is 0. The van der Waals surface area contributed by atoms with Crippen molar-refractivity contribution in [2.24, 2.45) is 0 Å². The van der Waals surface area contributed by atoms with Crippen molar-refractivity contribution in [3.05, 3.63) is 24.3 Å². The average Bonchev–Trinajstić information content (AvgIpc) is 2.27. The van der Waals surface area contributed by atoms with Crippen LogP contribution in [0, 0.1) is 0 Å². The minimum absolute atomic E-state index is 0.108. The van der Waals surface area contributed by atoms with E-state index in [4.69, 9.17) is 4.74 Å². The summed E-state index contributed by atoms with van der Waals surface area (Å²) < 4.78 is 5.33. The van der Waals surface area contributed by atoms with E-state index < -0.39 is 6.10 Å². The van der Waals surface area contributed by atoms with Gasteiger partial charge in [-0.05, 0) is 24.3 Å². The standard InChI is InChI=1S/C11H14BrNO3/c1-8(14)13-9-2-4-11(5-3-9)16-7-10(15)6-12/h2-5,10,15H,6-7H2,1H3,(H,13,14). The summed E-state index contributed by atoms with van der Waals surface area (Å²) >= 11 is 3.15. The van der Waals surface area contributed by atoms with Crippen LogP contribution >= 0.6 is 15.9 Å². The lowest BCUT2D eigenvalue weighted by Crippen LogP contribution is -2.18. The number of aliphatic hydroxyl groups excluding tert-OH is 1. The first-order valence-electron chi connectivity index (χ1n) is 4.86. The third-order valence-electron chi connectivity index (χ3n) is 1.80. The molecule has 1 rings (SSSR count). The first-order chi connectivity index (χ1) is 7.61. The first kappa shape index (κ1) is 13.0. The van der Waals surface area contributed by atoms with Crippen molar-refractivity contribution >= 4 is 27.5 Å². The molecule has 0 fully saturated rings. The average molecular weight is 288 g/mol. The molecule has 0 aliphatic rings. The van der Waals surface area contributed by atoms with Crippen LogP contribution in [0.4, 0.5) is 5.69 Å². The zero-order chi connectivity index (χ0) is 12.0. The molecular weight excluding hydrogens is 274 g/mol. The van der Waals surface area contributed by atoms with E-state index >= 15 is 0 Å². The second kappa shape index (κ2) is 6.50. The molecule has 4 nitrogen and oxygen atoms in total. The van der Waals surface area contributed by atoms with Crippen LogP contribution in [-0.2, 0) is 4.79 Å². The van der Waals surface area contributed by atoms with Gasteiger partial charge in [0, 0.05) is 17.9 Å². The number of hydrogen-bond donors (Lipinski definition) is 2. The second-order valence-electron chi connectivity index (χ2n) is 3.32. The molecule has 16 heavy (non-hydrogen) atoms. The van der Waals surface area contributed by atoms with E-state index in [2.05, 4.69) is 21.2 Å². The van der Waals surface area contributed by atoms with Gasteiger partial charge in [0.05, 0.1) is 6.10 Å². The lowest BCUT2D eigenvalue weighted by atomic mass is 10.3. The van der Waals surface area contributed by atoms with E-state index in [-0.39, 0.29) is 12.5 Å². The maximum Gasteiger partial charge on any atom is 0.221 e. The molecule has 1 aromatic rings. The number of aliphatic hydroxyl groups is 1. The minimum atomic E-state index is -0.518. The molecule has 5 heteroatoms. The lowest BCUT2D eigenvalue weighted by Gasteiger charge is -2.10. The summed E-state index contributed by atoms with van der Waals surface area (Å²) in [5.41, 5.74) is 0.723. The number of anilines is 1. The summed E-state index contributed by atoms with van der Waals surface area (Å²) in [6.45, 7) is 1.70. The van der Waals surface area contributed by atoms with Crippen LogP contribution in [-0.4, -0.2) is 29.1 Å². The predicted molar refractivity (Wildman–Crippen MR) is 66.0 cm³/mol. The fraction of sp³-hybridized carbons (Fsp3) is 0.364. The van der Waals surface area contributed by atoms with E-state index in [1.165, 1.54) is 6.92 Å². The number of nitrogens with one attached hydrogen (secondary N) is 1. The monoisotopic (exact) mass is 287 g/mol. The molecule has 1 atom stereocenters. The molecule has 0 saturated heterocycles. The van der Waals surface area contributed by atoms with E-state index in [0.717, 1.165) is 5.69 Å². The minimum Gasteiger partial charge on any atom is -0.491 e. The normalized spacial score (nSPS) is 11.9. The molecular formula is C11H14BrNO3. The van der Waals surface area contributed by atoms with Gasteiger partial charge in [-0.1, -0.05) is 15.9 Å². The number of ether oxygens (including phenoxy) is 1. The van der Waals surface area contributed by atoms with E-state index in [0.29, 0.717) is 11.1 Å². The molecule has 0 saturated carbocycles. The zero-order valence-corrected chi connectivity index (χ0v) is 10.5. The maximum absolute atomic E-state index is 10.8. The SMILES string of the molecule is CC(=O)Nc1ccc(OCC(O)CBr)cc1. The van der Waals surface area contributed by atoms with Gasteiger partial charge in [0.25, 0.3) is 0 Å². The Morgan fingerprint density at radius 3 is 2.62 bits per heavy atom. The number of hydrogen-bond acceptors (Lipinski definition) is 3. The molecule has 1 amide bonds. The van der Waals surface area contributed by atoms with Crippen LogP contribution in [0.2, 0.25) is 0 Å². The Morgan fingerprint density at radius 2 is 2.12 bits per heavy atom. The highest BCUT2D eigenvalue weighted by atomic mass is 79.9. The number of carbonyl (C=O) groups excluding carboxylic acids is 1. The quantitative estimate of drug-likeness (QED) is 0.812. The second-order valence-corrected chi connectivity index (χ2v) is 3.97. The van der Waals surface area contributed by atoms with E-state index in [1.54, 1.807) is 24.3 Å². The van der Waals surface area contributed by atoms with Crippen molar-refractivity contribution in [3.63, 3.8) is 0 Å². The number of alkyl halides is 1. The highest BCUT2D eigenvalue weighted by Gasteiger charge is 2.02. The van der Waals surface area contributed by atoms with Gasteiger partial charge in [-0.25, -0.2) is 0 Å². The van der Waals surface area contributed by atoms with Gasteiger partial charge in [-0.3, -0.25) is 4.79 Å². The molecule has 0 radical (unpaired) electrons. The van der Waals surface area contributed by atoms with Crippen LogP contribution < -0.4 is 10.1 Å². The predicted octanol–water partition coefficient (Wildman–Crippen LogP) is 1.78. The Kier molecular flexibility index (Phi) is 5.28. The molecule has 1 unspecified atom stereocenters. The fourth-order valence-corrected chi connectivity index (χ4v) is 1.26. The molecule has 1 aromatic carbocycles. The molecule has 0 aliphatic heterocycles. The molecule has 0 heterocycles. The molecule has 0 spiro atoms. The summed E-state index contributed by atoms with van der Waals surface area (Å²) in [6, 6.07) is 6.98. The Bertz CT molecular complexity index is 340. The van der Waals surface area contributed by atoms with Gasteiger partial charge >= 0.3 is 0 Å². The van der Waals surface area contributed by atoms with Crippen molar-refractivity contribution in [2.45, 2.75) is 13.0 Å². The molecule has 88 valence electrons. The molecule has 2 N–H and O–H groups in total. The molecule has 0 aliphatic carbocycles. The van der Waals surface area contributed by atoms with Crippen molar-refractivity contribution < 1.29 is 14.6 Å². The summed E-state index contributed by atoms with van der Waals surface area (Å²) in [6.07, 6.45) is -0.518. The highest BCUT2D eigenvalue weighted by molar-refractivity contribution is 9.09. The highest BCUT2D eigenvalue weighted by Crippen LogP contribution is 2.15. The number of carbonyl (C=O) groups is 1. The van der Waals surface area contributed by atoms with Crippen molar-refractivity contribution in [1.82, 2.24) is 0 Å². The largest absolute Gasteiger partial charge is 0.491 e. The van der Waals surface area contributed by atoms with Crippen LogP contribution in [0.15, 0.2) is 24.3 Å². The van der Waals surface area contributed by atoms with Crippen LogP contribution in [0.5, 0.6) is 5.75 Å². The van der Waals surface area contributed by atoms with Crippen LogP contribution in [0.1, 0.15) is 6.92 Å². The number of amides is 1. The van der Waals surface area contributed by atoms with Gasteiger partial charge in [0.2, 0.25) is 5.91 Å². The van der Waals surface area contributed by atoms with Crippen molar-refractivity contribution in [3.8, 4) is 5.75 Å². The van der Waals surface area contributed by atoms with Gasteiger partial charge in [0.1, 0.15) is 12.4 Å². The number of benzene rings is 1. The fourth-order valence-electron chi connectivity index (χ4n) is 1.07. The Hall–Kier alpha value is -1.07. The first-order valence-corrected chi connectivity index (χ1v) is 5.98. The van der Waals surface area contributed by atoms with Crippen LogP contribution in [0.25, 0.3) is 0 Å². The van der Waals surface area contributed by atoms with Crippen molar-refractivity contribution in [2.75, 3.05) is 17.3 Å². The lowest BCUT2D eigenvalue weighted by molar-refractivity contribution is -0.114. The molecule has 0 bridgehead atoms. The third-order valence-corrected chi connectivity index (χ3v) is 2.54. The summed E-state index contributed by atoms with van der Waals surface area (Å²) in [5.74, 6) is 0.553. The smallest absolute Gasteiger partial charge is 0.221 e. The Balaban J connectivity index is 2.48. The topological polar surface area (TPSA) is 58.6 Å². The summed E-state index contributed by atoms with van der Waals surface area (Å²) in [5, 5.41) is 12.4. The van der Waals surface area contributed by atoms with Crippen molar-refractivity contribution in [1.29, 1.82) is 0 Å². The van der Waals surface area contributed by atoms with E-state index in [1.807, 2.05) is 0 Å². The van der Waals surface area contributed by atoms with Gasteiger partial charge < -0.3 is 15.2 Å². The zero-order valence-electron chi connectivity index (χ0n) is 8.94.